The van der Waals surface area contributed by atoms with Crippen LogP contribution in [0, 0.1) is 11.0 Å². The van der Waals surface area contributed by atoms with Crippen molar-refractivity contribution in [1.29, 1.82) is 0 Å². The van der Waals surface area contributed by atoms with E-state index in [-0.39, 0.29) is 10.8 Å². The summed E-state index contributed by atoms with van der Waals surface area (Å²) in [5, 5.41) is 13.6. The predicted octanol–water partition coefficient (Wildman–Crippen LogP) is 4.53. The maximum Gasteiger partial charge on any atom is 0.573 e. The predicted molar refractivity (Wildman–Crippen MR) is 113 cm³/mol. The Labute approximate surface area is 211 Å². The molecule has 1 heterocycles. The molecule has 2 aromatic carbocycles. The van der Waals surface area contributed by atoms with Gasteiger partial charge in [0.1, 0.15) is 17.1 Å². The molecule has 0 atom stereocenters. The van der Waals surface area contributed by atoms with Crippen molar-refractivity contribution < 1.29 is 63.4 Å². The molecule has 0 saturated heterocycles. The van der Waals surface area contributed by atoms with E-state index in [9.17, 15) is 41.1 Å². The molecule has 0 fully saturated rings. The Bertz CT molecular complexity index is 1500. The second kappa shape index (κ2) is 10.3. The fourth-order valence-electron chi connectivity index (χ4n) is 2.98. The number of hydrogen-bond donors (Lipinski definition) is 2. The molecule has 0 bridgehead atoms. The molecule has 0 aliphatic rings. The number of nitrogens with one attached hydrogen (secondary N) is 1. The quantitative estimate of drug-likeness (QED) is 0.252. The summed E-state index contributed by atoms with van der Waals surface area (Å²) in [6, 6.07) is 3.98. The molecule has 0 spiro atoms. The number of benzene rings is 2. The Morgan fingerprint density at radius 2 is 1.71 bits per heavy atom. The molecule has 1 aromatic heterocycles. The van der Waals surface area contributed by atoms with E-state index in [0.717, 1.165) is 12.1 Å². The van der Waals surface area contributed by atoms with E-state index in [1.54, 1.807) is 0 Å². The molecule has 0 unspecified atom stereocenters. The second-order valence-corrected chi connectivity index (χ2v) is 7.10. The summed E-state index contributed by atoms with van der Waals surface area (Å²) in [5.74, 6) is -8.70. The lowest BCUT2D eigenvalue weighted by Gasteiger charge is -2.18. The number of rotatable bonds is 7. The lowest BCUT2D eigenvalue weighted by Crippen LogP contribution is -2.37. The molecular weight excluding hydrogens is 535 g/mol. The van der Waals surface area contributed by atoms with Crippen LogP contribution in [-0.4, -0.2) is 25.2 Å². The van der Waals surface area contributed by atoms with Crippen LogP contribution in [0.2, 0.25) is 0 Å². The first-order chi connectivity index (χ1) is 18.7. The van der Waals surface area contributed by atoms with Crippen LogP contribution in [0.15, 0.2) is 48.7 Å². The van der Waals surface area contributed by atoms with Crippen molar-refractivity contribution in [2.45, 2.75) is 12.5 Å². The van der Waals surface area contributed by atoms with Gasteiger partial charge in [-0.05, 0) is 24.3 Å². The lowest BCUT2D eigenvalue weighted by molar-refractivity contribution is -0.607. The topological polar surface area (TPSA) is 127 Å². The van der Waals surface area contributed by atoms with Gasteiger partial charge in [0.05, 0.1) is 22.4 Å². The van der Waals surface area contributed by atoms with E-state index in [2.05, 4.69) is 9.47 Å². The lowest BCUT2D eigenvalue weighted by atomic mass is 10.1. The highest BCUT2D eigenvalue weighted by Crippen LogP contribution is 2.40. The number of anilines is 1. The van der Waals surface area contributed by atoms with Crippen molar-refractivity contribution in [3.8, 4) is 23.0 Å². The Morgan fingerprint density at radius 1 is 1.03 bits per heavy atom. The first kappa shape index (κ1) is 23.6. The van der Waals surface area contributed by atoms with Crippen LogP contribution >= 0.6 is 0 Å². The van der Waals surface area contributed by atoms with Crippen molar-refractivity contribution in [2.75, 3.05) is 12.4 Å². The minimum absolute atomic E-state index is 0.00993. The number of ether oxygens (including phenoxy) is 3. The molecule has 9 nitrogen and oxygen atoms in total. The fraction of sp³-hybridized carbons (Fsp3) is 0.136. The summed E-state index contributed by atoms with van der Waals surface area (Å²) >= 11 is 0. The van der Waals surface area contributed by atoms with Crippen molar-refractivity contribution in [1.82, 2.24) is 0 Å². The zero-order valence-electron chi connectivity index (χ0n) is 21.2. The van der Waals surface area contributed by atoms with E-state index in [1.807, 2.05) is 5.32 Å². The summed E-state index contributed by atoms with van der Waals surface area (Å²) in [5.41, 5.74) is 0.609. The van der Waals surface area contributed by atoms with Crippen molar-refractivity contribution in [3.05, 3.63) is 76.5 Å². The molecule has 0 radical (unpaired) electrons. The number of hydrogen-bond acceptors (Lipinski definition) is 6. The highest BCUT2D eigenvalue weighted by molar-refractivity contribution is 6.07. The number of carbonyl (C=O) groups is 2. The summed E-state index contributed by atoms with van der Waals surface area (Å²) in [6.45, 7) is 0. The summed E-state index contributed by atoms with van der Waals surface area (Å²) in [6.07, 6.45) is -9.82. The van der Waals surface area contributed by atoms with Crippen molar-refractivity contribution in [2.24, 2.45) is 5.73 Å². The van der Waals surface area contributed by atoms with E-state index in [0.29, 0.717) is 30.5 Å². The third-order valence-electron chi connectivity index (χ3n) is 4.54. The number of nitrogens with two attached hydrogens (primary N) is 1. The zero-order valence-corrected chi connectivity index (χ0v) is 18.2. The number of amides is 2. The maximum absolute atomic E-state index is 15.1. The van der Waals surface area contributed by atoms with E-state index in [4.69, 9.17) is 14.6 Å². The summed E-state index contributed by atoms with van der Waals surface area (Å²) < 4.78 is 128. The Kier molecular flexibility index (Phi) is 6.41. The monoisotopic (exact) mass is 552 g/mol. The standard InChI is InChI=1S/C22H14F7N3O6/c1-36-16-9-11(38-22(27,28)29)2-4-14(16)37-15-5-3-12(21(24,25)26)18(23)17(15)20(34)31-10-6-7-32(35)13(8-10)19(30)33/h2-9H,1H3,(H2,30,33)(H,31,34)/i1D3. The van der Waals surface area contributed by atoms with Crippen molar-refractivity contribution >= 4 is 17.5 Å². The first-order valence-corrected chi connectivity index (χ1v) is 9.76. The van der Waals surface area contributed by atoms with Gasteiger partial charge in [0.25, 0.3) is 11.6 Å². The second-order valence-electron chi connectivity index (χ2n) is 7.10. The first-order valence-electron chi connectivity index (χ1n) is 11.3. The van der Waals surface area contributed by atoms with E-state index >= 15 is 4.39 Å². The van der Waals surface area contributed by atoms with Crippen molar-refractivity contribution in [3.63, 3.8) is 0 Å². The van der Waals surface area contributed by atoms with Crippen LogP contribution in [0.25, 0.3) is 0 Å². The van der Waals surface area contributed by atoms with Gasteiger partial charge in [-0.15, -0.1) is 13.2 Å². The molecule has 2 amide bonds. The molecule has 0 aliphatic carbocycles. The van der Waals surface area contributed by atoms with Crippen LogP contribution in [-0.2, 0) is 6.18 Å². The van der Waals surface area contributed by atoms with Gasteiger partial charge in [-0.1, -0.05) is 0 Å². The van der Waals surface area contributed by atoms with Gasteiger partial charge in [0, 0.05) is 18.2 Å². The van der Waals surface area contributed by atoms with Gasteiger partial charge < -0.3 is 30.5 Å². The maximum atomic E-state index is 15.1. The molecule has 3 aromatic rings. The summed E-state index contributed by atoms with van der Waals surface area (Å²) in [4.78, 5) is 24.3. The highest BCUT2D eigenvalue weighted by Gasteiger charge is 2.38. The average Bonchev–Trinajstić information content (AvgIpc) is 2.79. The number of methoxy groups -OCH3 is 1. The molecule has 202 valence electrons. The summed E-state index contributed by atoms with van der Waals surface area (Å²) in [7, 11) is -3.29. The normalized spacial score (nSPS) is 13.1. The molecule has 38 heavy (non-hydrogen) atoms. The minimum Gasteiger partial charge on any atom is -0.618 e. The van der Waals surface area contributed by atoms with Crippen LogP contribution in [0.3, 0.4) is 0 Å². The Morgan fingerprint density at radius 3 is 2.32 bits per heavy atom. The average molecular weight is 552 g/mol. The Hall–Kier alpha value is -4.76. The number of aromatic nitrogens is 1. The molecule has 16 heteroatoms. The van der Waals surface area contributed by atoms with Crippen LogP contribution in [0.1, 0.15) is 30.5 Å². The minimum atomic E-state index is -5.32. The third-order valence-corrected chi connectivity index (χ3v) is 4.54. The van der Waals surface area contributed by atoms with Gasteiger partial charge in [-0.25, -0.2) is 4.39 Å². The number of primary amides is 1. The van der Waals surface area contributed by atoms with Gasteiger partial charge in [0.15, 0.2) is 23.5 Å². The van der Waals surface area contributed by atoms with Crippen LogP contribution in [0.4, 0.5) is 36.4 Å². The molecule has 3 N–H and O–H groups in total. The Balaban J connectivity index is 2.12. The smallest absolute Gasteiger partial charge is 0.573 e. The van der Waals surface area contributed by atoms with Gasteiger partial charge in [0.2, 0.25) is 0 Å². The van der Waals surface area contributed by atoms with E-state index in [1.165, 1.54) is 0 Å². The number of nitrogens with zero attached hydrogens (tertiary/aromatic N) is 1. The van der Waals surface area contributed by atoms with Gasteiger partial charge in [-0.3, -0.25) is 9.59 Å². The molecule has 0 saturated carbocycles. The number of pyridine rings is 1. The zero-order chi connectivity index (χ0) is 30.9. The SMILES string of the molecule is [2H]C([2H])([2H])Oc1cc(OC(F)(F)F)ccc1Oc1ccc(C(F)(F)F)c(F)c1C(=O)Nc1cc[n+]([O-])c(C(N)=O)c1. The molecular formula is C22H14F7N3O6. The molecule has 3 rings (SSSR count). The largest absolute Gasteiger partial charge is 0.618 e. The number of alkyl halides is 6. The fourth-order valence-corrected chi connectivity index (χ4v) is 2.98. The number of halogens is 7. The highest BCUT2D eigenvalue weighted by atomic mass is 19.4. The van der Waals surface area contributed by atoms with Gasteiger partial charge >= 0.3 is 18.4 Å². The number of carbonyl (C=O) groups excluding carboxylic acids is 2. The third kappa shape index (κ3) is 6.32. The molecule has 0 aliphatic heterocycles. The van der Waals surface area contributed by atoms with Crippen LogP contribution in [0.5, 0.6) is 23.0 Å². The van der Waals surface area contributed by atoms with Crippen LogP contribution < -0.4 is 30.0 Å². The van der Waals surface area contributed by atoms with Gasteiger partial charge in [-0.2, -0.15) is 17.9 Å². The van der Waals surface area contributed by atoms with E-state index < -0.39 is 82.7 Å².